The summed E-state index contributed by atoms with van der Waals surface area (Å²) in [6.07, 6.45) is 0. The average molecular weight is 309 g/mol. The molecule has 104 valence electrons. The molecule has 0 atom stereocenters. The number of nitrogens with zero attached hydrogens (tertiary/aromatic N) is 2. The van der Waals surface area contributed by atoms with E-state index < -0.39 is 0 Å². The Morgan fingerprint density at radius 1 is 1.30 bits per heavy atom. The molecule has 0 aliphatic rings. The van der Waals surface area contributed by atoms with Gasteiger partial charge in [-0.05, 0) is 31.3 Å². The molecule has 2 heterocycles. The number of halogens is 1. The first-order valence-corrected chi connectivity index (χ1v) is 7.34. The maximum atomic E-state index is 11.9. The van der Waals surface area contributed by atoms with Gasteiger partial charge in [0.1, 0.15) is 0 Å². The molecule has 0 fully saturated rings. The third-order valence-corrected chi connectivity index (χ3v) is 4.23. The van der Waals surface area contributed by atoms with Gasteiger partial charge < -0.3 is 4.42 Å². The Bertz CT molecular complexity index is 790. The number of para-hydroxylation sites is 2. The van der Waals surface area contributed by atoms with Gasteiger partial charge in [0.25, 0.3) is 0 Å². The fourth-order valence-corrected chi connectivity index (χ4v) is 3.31. The second-order valence-electron chi connectivity index (χ2n) is 4.63. The molecule has 1 aromatic carbocycles. The van der Waals surface area contributed by atoms with Crippen LogP contribution >= 0.6 is 22.9 Å². The van der Waals surface area contributed by atoms with E-state index in [0.29, 0.717) is 12.3 Å². The molecule has 20 heavy (non-hydrogen) atoms. The van der Waals surface area contributed by atoms with Crippen LogP contribution in [0.4, 0.5) is 0 Å². The highest BCUT2D eigenvalue weighted by molar-refractivity contribution is 7.16. The highest BCUT2D eigenvalue weighted by atomic mass is 35.5. The van der Waals surface area contributed by atoms with Crippen molar-refractivity contribution < 1.29 is 4.42 Å². The number of fused-ring (bicyclic) bond motifs is 1. The van der Waals surface area contributed by atoms with Gasteiger partial charge in [0.15, 0.2) is 5.58 Å². The van der Waals surface area contributed by atoms with E-state index in [0.717, 1.165) is 16.4 Å². The van der Waals surface area contributed by atoms with E-state index in [2.05, 4.69) is 0 Å². The Morgan fingerprint density at radius 2 is 2.10 bits per heavy atom. The fourth-order valence-electron chi connectivity index (χ4n) is 2.14. The summed E-state index contributed by atoms with van der Waals surface area (Å²) < 4.78 is 7.62. The summed E-state index contributed by atoms with van der Waals surface area (Å²) in [5.41, 5.74) is 1.43. The number of hydrogen-bond donors (Lipinski definition) is 0. The summed E-state index contributed by atoms with van der Waals surface area (Å²) in [6, 6.07) is 11.3. The monoisotopic (exact) mass is 308 g/mol. The van der Waals surface area contributed by atoms with Crippen LogP contribution in [0.15, 0.2) is 45.6 Å². The second-order valence-corrected chi connectivity index (χ2v) is 6.42. The molecular formula is C14H13ClN2O2S. The summed E-state index contributed by atoms with van der Waals surface area (Å²) in [7, 11) is 1.96. The van der Waals surface area contributed by atoms with Crippen LogP contribution in [-0.2, 0) is 13.2 Å². The van der Waals surface area contributed by atoms with E-state index in [1.54, 1.807) is 22.0 Å². The van der Waals surface area contributed by atoms with Gasteiger partial charge >= 0.3 is 5.76 Å². The molecule has 0 aliphatic heterocycles. The number of rotatable bonds is 4. The van der Waals surface area contributed by atoms with Gasteiger partial charge in [-0.25, -0.2) is 4.79 Å². The largest absolute Gasteiger partial charge is 0.421 e. The molecule has 0 saturated carbocycles. The summed E-state index contributed by atoms with van der Waals surface area (Å²) in [5.74, 6) is -0.331. The van der Waals surface area contributed by atoms with Crippen molar-refractivity contribution >= 4 is 34.0 Å². The number of benzene rings is 1. The van der Waals surface area contributed by atoms with Crippen molar-refractivity contribution in [2.45, 2.75) is 13.2 Å². The van der Waals surface area contributed by atoms with Crippen LogP contribution in [0.5, 0.6) is 0 Å². The van der Waals surface area contributed by atoms with Crippen molar-refractivity contribution in [3.8, 4) is 0 Å². The summed E-state index contributed by atoms with van der Waals surface area (Å²) in [5, 5.41) is 0. The molecule has 0 radical (unpaired) electrons. The molecule has 3 aromatic rings. The summed E-state index contributed by atoms with van der Waals surface area (Å²) in [6.45, 7) is 1.22. The van der Waals surface area contributed by atoms with E-state index in [1.165, 1.54) is 4.88 Å². The maximum Gasteiger partial charge on any atom is 0.421 e. The lowest BCUT2D eigenvalue weighted by Gasteiger charge is -2.15. The van der Waals surface area contributed by atoms with E-state index in [1.807, 2.05) is 42.3 Å². The number of oxazole rings is 1. The number of aromatic nitrogens is 1. The van der Waals surface area contributed by atoms with Crippen LogP contribution in [0, 0.1) is 0 Å². The van der Waals surface area contributed by atoms with Gasteiger partial charge in [0.2, 0.25) is 0 Å². The minimum atomic E-state index is -0.331. The highest BCUT2D eigenvalue weighted by Gasteiger charge is 2.11. The molecule has 0 aliphatic carbocycles. The number of hydrogen-bond acceptors (Lipinski definition) is 4. The third kappa shape index (κ3) is 2.65. The molecule has 2 aromatic heterocycles. The molecule has 0 spiro atoms. The van der Waals surface area contributed by atoms with Gasteiger partial charge in [-0.2, -0.15) is 0 Å². The lowest BCUT2D eigenvalue weighted by atomic mass is 10.3. The van der Waals surface area contributed by atoms with Crippen LogP contribution in [0.25, 0.3) is 11.1 Å². The van der Waals surface area contributed by atoms with Gasteiger partial charge in [0, 0.05) is 11.4 Å². The first-order valence-electron chi connectivity index (χ1n) is 6.14. The Labute approximate surface area is 124 Å². The minimum Gasteiger partial charge on any atom is -0.408 e. The molecule has 0 N–H and O–H groups in total. The van der Waals surface area contributed by atoms with Crippen LogP contribution in [-0.4, -0.2) is 16.5 Å². The molecule has 0 unspecified atom stereocenters. The predicted octanol–water partition coefficient (Wildman–Crippen LogP) is 3.40. The van der Waals surface area contributed by atoms with Gasteiger partial charge in [0.05, 0.1) is 16.5 Å². The van der Waals surface area contributed by atoms with Gasteiger partial charge in [-0.1, -0.05) is 23.7 Å². The van der Waals surface area contributed by atoms with E-state index >= 15 is 0 Å². The average Bonchev–Trinajstić information content (AvgIpc) is 2.94. The molecule has 3 rings (SSSR count). The number of thiophene rings is 1. The summed E-state index contributed by atoms with van der Waals surface area (Å²) >= 11 is 7.47. The second kappa shape index (κ2) is 5.44. The smallest absolute Gasteiger partial charge is 0.408 e. The topological polar surface area (TPSA) is 38.4 Å². The fraction of sp³-hybridized carbons (Fsp3) is 0.214. The zero-order chi connectivity index (χ0) is 14.1. The van der Waals surface area contributed by atoms with Gasteiger partial charge in [-0.3, -0.25) is 9.47 Å². The Balaban J connectivity index is 1.82. The van der Waals surface area contributed by atoms with E-state index in [4.69, 9.17) is 16.0 Å². The highest BCUT2D eigenvalue weighted by Crippen LogP contribution is 2.22. The Morgan fingerprint density at radius 3 is 2.85 bits per heavy atom. The zero-order valence-electron chi connectivity index (χ0n) is 10.9. The lowest BCUT2D eigenvalue weighted by Crippen LogP contribution is -2.26. The first kappa shape index (κ1) is 13.4. The SMILES string of the molecule is CN(Cc1ccc(Cl)s1)Cn1c(=O)oc2ccccc21. The van der Waals surface area contributed by atoms with Crippen LogP contribution < -0.4 is 5.76 Å². The van der Waals surface area contributed by atoms with Crippen LogP contribution in [0.2, 0.25) is 4.34 Å². The van der Waals surface area contributed by atoms with Crippen molar-refractivity contribution in [2.75, 3.05) is 7.05 Å². The van der Waals surface area contributed by atoms with Crippen LogP contribution in [0.1, 0.15) is 4.88 Å². The predicted molar refractivity (Wildman–Crippen MR) is 81.3 cm³/mol. The maximum absolute atomic E-state index is 11.9. The molecule has 6 heteroatoms. The van der Waals surface area contributed by atoms with Gasteiger partial charge in [-0.15, -0.1) is 11.3 Å². The first-order chi connectivity index (χ1) is 9.63. The Kier molecular flexibility index (Phi) is 3.65. The molecule has 0 amide bonds. The quantitative estimate of drug-likeness (QED) is 0.741. The van der Waals surface area contributed by atoms with E-state index in [-0.39, 0.29) is 5.76 Å². The molecule has 0 bridgehead atoms. The van der Waals surface area contributed by atoms with Crippen LogP contribution in [0.3, 0.4) is 0 Å². The molecule has 4 nitrogen and oxygen atoms in total. The molecule has 0 saturated heterocycles. The van der Waals surface area contributed by atoms with Crippen molar-refractivity contribution in [1.82, 2.24) is 9.47 Å². The van der Waals surface area contributed by atoms with Crippen molar-refractivity contribution in [3.05, 3.63) is 56.2 Å². The van der Waals surface area contributed by atoms with Crippen molar-refractivity contribution in [3.63, 3.8) is 0 Å². The standard InChI is InChI=1S/C14H13ClN2O2S/c1-16(8-10-6-7-13(15)20-10)9-17-11-4-2-3-5-12(11)19-14(17)18/h2-7H,8-9H2,1H3. The molecular weight excluding hydrogens is 296 g/mol. The third-order valence-electron chi connectivity index (χ3n) is 3.01. The Hall–Kier alpha value is -1.56. The van der Waals surface area contributed by atoms with Crippen molar-refractivity contribution in [2.24, 2.45) is 0 Å². The minimum absolute atomic E-state index is 0.331. The normalized spacial score (nSPS) is 11.6. The zero-order valence-corrected chi connectivity index (χ0v) is 12.4. The van der Waals surface area contributed by atoms with E-state index in [9.17, 15) is 4.79 Å². The summed E-state index contributed by atoms with van der Waals surface area (Å²) in [4.78, 5) is 15.1. The van der Waals surface area contributed by atoms with Crippen molar-refractivity contribution in [1.29, 1.82) is 0 Å². The lowest BCUT2D eigenvalue weighted by molar-refractivity contribution is 0.255.